The zero-order chi connectivity index (χ0) is 12.5. The van der Waals surface area contributed by atoms with E-state index in [-0.39, 0.29) is 11.9 Å². The smallest absolute Gasteiger partial charge is 0.123 e. The van der Waals surface area contributed by atoms with Gasteiger partial charge in [0.25, 0.3) is 0 Å². The summed E-state index contributed by atoms with van der Waals surface area (Å²) >= 11 is 0. The highest BCUT2D eigenvalue weighted by Crippen LogP contribution is 2.32. The van der Waals surface area contributed by atoms with Gasteiger partial charge in [-0.25, -0.2) is 9.37 Å². The molecular weight excluding hydrogens is 229 g/mol. The molecule has 0 radical (unpaired) electrons. The molecule has 2 unspecified atom stereocenters. The first-order valence-corrected chi connectivity index (χ1v) is 6.27. The second kappa shape index (κ2) is 4.53. The minimum atomic E-state index is -0.145. The van der Waals surface area contributed by atoms with Crippen LogP contribution in [0.3, 0.4) is 0 Å². The predicted octanol–water partition coefficient (Wildman–Crippen LogP) is 2.89. The maximum atomic E-state index is 13.1. The van der Waals surface area contributed by atoms with Crippen molar-refractivity contribution in [1.82, 2.24) is 15.3 Å². The largest absolute Gasteiger partial charge is 0.347 e. The van der Waals surface area contributed by atoms with Crippen LogP contribution in [0.4, 0.5) is 4.39 Å². The van der Waals surface area contributed by atoms with Crippen LogP contribution in [-0.2, 0) is 6.42 Å². The Hall–Kier alpha value is -1.68. The van der Waals surface area contributed by atoms with E-state index in [1.54, 1.807) is 12.3 Å². The van der Waals surface area contributed by atoms with Gasteiger partial charge in [-0.05, 0) is 43.0 Å². The highest BCUT2D eigenvalue weighted by molar-refractivity contribution is 5.35. The molecule has 0 amide bonds. The molecule has 1 aliphatic rings. The van der Waals surface area contributed by atoms with Gasteiger partial charge in [-0.15, -0.1) is 0 Å². The number of aryl methyl sites for hydroxylation is 1. The van der Waals surface area contributed by atoms with Crippen LogP contribution in [0.2, 0.25) is 0 Å². The van der Waals surface area contributed by atoms with Crippen molar-refractivity contribution in [2.24, 2.45) is 0 Å². The Balaban J connectivity index is 1.77. The first kappa shape index (κ1) is 11.4. The van der Waals surface area contributed by atoms with E-state index in [9.17, 15) is 4.39 Å². The Morgan fingerprint density at radius 1 is 1.50 bits per heavy atom. The van der Waals surface area contributed by atoms with Crippen molar-refractivity contribution in [3.8, 4) is 0 Å². The summed E-state index contributed by atoms with van der Waals surface area (Å²) in [5, 5.41) is 3.54. The SMILES string of the molecule is CC(NC1CCc2cc(F)ccc21)c1ncc[nH]1. The Bertz CT molecular complexity index is 536. The maximum absolute atomic E-state index is 13.1. The number of H-pyrrole nitrogens is 1. The third-order valence-electron chi connectivity index (χ3n) is 3.56. The topological polar surface area (TPSA) is 40.7 Å². The van der Waals surface area contributed by atoms with Crippen molar-refractivity contribution in [2.45, 2.75) is 31.8 Å². The van der Waals surface area contributed by atoms with Crippen LogP contribution >= 0.6 is 0 Å². The van der Waals surface area contributed by atoms with Crippen molar-refractivity contribution in [2.75, 3.05) is 0 Å². The van der Waals surface area contributed by atoms with Crippen LogP contribution in [-0.4, -0.2) is 9.97 Å². The highest BCUT2D eigenvalue weighted by Gasteiger charge is 2.24. The zero-order valence-corrected chi connectivity index (χ0v) is 10.3. The molecule has 1 aromatic carbocycles. The summed E-state index contributed by atoms with van der Waals surface area (Å²) in [6.07, 6.45) is 5.54. The molecule has 1 aromatic heterocycles. The number of hydrogen-bond donors (Lipinski definition) is 2. The minimum Gasteiger partial charge on any atom is -0.347 e. The fraction of sp³-hybridized carbons (Fsp3) is 0.357. The number of aromatic nitrogens is 2. The third kappa shape index (κ3) is 2.04. The first-order chi connectivity index (χ1) is 8.74. The number of nitrogens with zero attached hydrogens (tertiary/aromatic N) is 1. The molecular formula is C14H16FN3. The van der Waals surface area contributed by atoms with Gasteiger partial charge in [0.15, 0.2) is 0 Å². The van der Waals surface area contributed by atoms with E-state index in [4.69, 9.17) is 0 Å². The van der Waals surface area contributed by atoms with Crippen molar-refractivity contribution < 1.29 is 4.39 Å². The van der Waals surface area contributed by atoms with Gasteiger partial charge in [-0.1, -0.05) is 6.07 Å². The van der Waals surface area contributed by atoms with Crippen LogP contribution in [0.1, 0.15) is 42.4 Å². The van der Waals surface area contributed by atoms with E-state index >= 15 is 0 Å². The molecule has 3 nitrogen and oxygen atoms in total. The average molecular weight is 245 g/mol. The van der Waals surface area contributed by atoms with E-state index in [2.05, 4.69) is 22.2 Å². The molecule has 94 valence electrons. The van der Waals surface area contributed by atoms with Crippen LogP contribution in [0.15, 0.2) is 30.6 Å². The fourth-order valence-corrected chi connectivity index (χ4v) is 2.65. The van der Waals surface area contributed by atoms with Gasteiger partial charge in [0.05, 0.1) is 6.04 Å². The molecule has 1 aliphatic carbocycles. The van der Waals surface area contributed by atoms with Gasteiger partial charge in [-0.3, -0.25) is 0 Å². The summed E-state index contributed by atoms with van der Waals surface area (Å²) in [7, 11) is 0. The van der Waals surface area contributed by atoms with Gasteiger partial charge >= 0.3 is 0 Å². The van der Waals surface area contributed by atoms with Gasteiger partial charge in [-0.2, -0.15) is 0 Å². The van der Waals surface area contributed by atoms with Gasteiger partial charge in [0, 0.05) is 18.4 Å². The molecule has 18 heavy (non-hydrogen) atoms. The van der Waals surface area contributed by atoms with E-state index in [1.807, 2.05) is 12.3 Å². The predicted molar refractivity (Wildman–Crippen MR) is 67.6 cm³/mol. The lowest BCUT2D eigenvalue weighted by atomic mass is 10.1. The standard InChI is InChI=1S/C14H16FN3/c1-9(14-16-6-7-17-14)18-13-5-2-10-8-11(15)3-4-12(10)13/h3-4,6-9,13,18H,2,5H2,1H3,(H,16,17). The van der Waals surface area contributed by atoms with E-state index < -0.39 is 0 Å². The molecule has 0 spiro atoms. The lowest BCUT2D eigenvalue weighted by molar-refractivity contribution is 0.452. The number of nitrogens with one attached hydrogen (secondary N) is 2. The van der Waals surface area contributed by atoms with Crippen LogP contribution in [0.25, 0.3) is 0 Å². The summed E-state index contributed by atoms with van der Waals surface area (Å²) < 4.78 is 13.1. The number of benzene rings is 1. The molecule has 1 heterocycles. The van der Waals surface area contributed by atoms with Crippen LogP contribution in [0, 0.1) is 5.82 Å². The molecule has 0 saturated heterocycles. The second-order valence-corrected chi connectivity index (χ2v) is 4.80. The summed E-state index contributed by atoms with van der Waals surface area (Å²) in [6, 6.07) is 5.54. The maximum Gasteiger partial charge on any atom is 0.123 e. The second-order valence-electron chi connectivity index (χ2n) is 4.80. The highest BCUT2D eigenvalue weighted by atomic mass is 19.1. The number of imidazole rings is 1. The lowest BCUT2D eigenvalue weighted by Gasteiger charge is -2.18. The van der Waals surface area contributed by atoms with Crippen molar-refractivity contribution >= 4 is 0 Å². The zero-order valence-electron chi connectivity index (χ0n) is 10.3. The normalized spacial score (nSPS) is 19.8. The third-order valence-corrected chi connectivity index (χ3v) is 3.56. The van der Waals surface area contributed by atoms with Crippen LogP contribution in [0.5, 0.6) is 0 Å². The Morgan fingerprint density at radius 2 is 2.39 bits per heavy atom. The lowest BCUT2D eigenvalue weighted by Crippen LogP contribution is -2.23. The van der Waals surface area contributed by atoms with E-state index in [0.29, 0.717) is 6.04 Å². The molecule has 4 heteroatoms. The molecule has 0 fully saturated rings. The molecule has 3 rings (SSSR count). The summed E-state index contributed by atoms with van der Waals surface area (Å²) in [6.45, 7) is 2.08. The average Bonchev–Trinajstić information content (AvgIpc) is 2.98. The summed E-state index contributed by atoms with van der Waals surface area (Å²) in [5.41, 5.74) is 2.34. The molecule has 2 aromatic rings. The molecule has 0 saturated carbocycles. The Morgan fingerprint density at radius 3 is 3.17 bits per heavy atom. The molecule has 2 N–H and O–H groups in total. The fourth-order valence-electron chi connectivity index (χ4n) is 2.65. The quantitative estimate of drug-likeness (QED) is 0.873. The van der Waals surface area contributed by atoms with E-state index in [1.165, 1.54) is 11.6 Å². The summed E-state index contributed by atoms with van der Waals surface area (Å²) in [5.74, 6) is 0.791. The van der Waals surface area contributed by atoms with Crippen LogP contribution < -0.4 is 5.32 Å². The number of rotatable bonds is 3. The van der Waals surface area contributed by atoms with Gasteiger partial charge in [0.1, 0.15) is 11.6 Å². The van der Waals surface area contributed by atoms with E-state index in [0.717, 1.165) is 24.2 Å². The summed E-state index contributed by atoms with van der Waals surface area (Å²) in [4.78, 5) is 7.36. The van der Waals surface area contributed by atoms with Crippen molar-refractivity contribution in [1.29, 1.82) is 0 Å². The first-order valence-electron chi connectivity index (χ1n) is 6.27. The number of fused-ring (bicyclic) bond motifs is 1. The van der Waals surface area contributed by atoms with Crippen molar-refractivity contribution in [3.63, 3.8) is 0 Å². The van der Waals surface area contributed by atoms with Gasteiger partial charge in [0.2, 0.25) is 0 Å². The van der Waals surface area contributed by atoms with Crippen molar-refractivity contribution in [3.05, 3.63) is 53.4 Å². The molecule has 0 aliphatic heterocycles. The Kier molecular flexibility index (Phi) is 2.88. The number of halogens is 1. The minimum absolute atomic E-state index is 0.145. The number of aromatic amines is 1. The number of hydrogen-bond acceptors (Lipinski definition) is 2. The molecule has 2 atom stereocenters. The molecule has 0 bridgehead atoms. The Labute approximate surface area is 105 Å². The monoisotopic (exact) mass is 245 g/mol. The van der Waals surface area contributed by atoms with Gasteiger partial charge < -0.3 is 10.3 Å².